The number of rotatable bonds is 4. The molecule has 0 aromatic carbocycles. The number of nitrogens with zero attached hydrogens (tertiary/aromatic N) is 4. The van der Waals surface area contributed by atoms with Crippen molar-refractivity contribution in [2.45, 2.75) is 13.5 Å². The Morgan fingerprint density at radius 1 is 1.56 bits per heavy atom. The van der Waals surface area contributed by atoms with Crippen LogP contribution in [-0.2, 0) is 6.54 Å². The van der Waals surface area contributed by atoms with Crippen LogP contribution in [0.2, 0.25) is 0 Å². The van der Waals surface area contributed by atoms with Crippen LogP contribution in [0, 0.1) is 6.92 Å². The molecule has 2 rings (SSSR count). The number of carbonyl (C=O) groups is 1. The summed E-state index contributed by atoms with van der Waals surface area (Å²) in [5.74, 6) is -0.596. The first-order chi connectivity index (χ1) is 8.63. The van der Waals surface area contributed by atoms with Crippen molar-refractivity contribution in [2.24, 2.45) is 0 Å². The molecule has 0 aliphatic heterocycles. The fraction of sp³-hybridized carbons (Fsp3) is 0.273. The summed E-state index contributed by atoms with van der Waals surface area (Å²) in [6.07, 6.45) is 1.62. The number of aromatic carboxylic acids is 1. The quantitative estimate of drug-likeness (QED) is 0.858. The van der Waals surface area contributed by atoms with Gasteiger partial charge in [0.15, 0.2) is 5.69 Å². The first-order valence-corrected chi connectivity index (χ1v) is 5.24. The second kappa shape index (κ2) is 4.82. The molecular weight excluding hydrogens is 236 g/mol. The summed E-state index contributed by atoms with van der Waals surface area (Å²) in [5, 5.41) is 16.3. The highest BCUT2D eigenvalue weighted by Crippen LogP contribution is 2.16. The molecule has 0 radical (unpaired) electrons. The molecule has 2 heterocycles. The maximum Gasteiger partial charge on any atom is 0.358 e. The molecule has 18 heavy (non-hydrogen) atoms. The SMILES string of the molecule is COc1ncccc1Cn1nnc(C(=O)O)c1C. The minimum absolute atomic E-state index is 0.0437. The van der Waals surface area contributed by atoms with Crippen molar-refractivity contribution in [3.63, 3.8) is 0 Å². The monoisotopic (exact) mass is 248 g/mol. The second-order valence-corrected chi connectivity index (χ2v) is 3.66. The lowest BCUT2D eigenvalue weighted by atomic mass is 10.2. The smallest absolute Gasteiger partial charge is 0.358 e. The highest BCUT2D eigenvalue weighted by Gasteiger charge is 2.16. The number of carboxylic acids is 1. The summed E-state index contributed by atoms with van der Waals surface area (Å²) in [4.78, 5) is 14.9. The molecular formula is C11H12N4O3. The van der Waals surface area contributed by atoms with Gasteiger partial charge >= 0.3 is 5.97 Å². The Bertz CT molecular complexity index is 579. The maximum absolute atomic E-state index is 10.9. The number of hydrogen-bond donors (Lipinski definition) is 1. The van der Waals surface area contributed by atoms with Gasteiger partial charge in [0.1, 0.15) is 0 Å². The van der Waals surface area contributed by atoms with Crippen molar-refractivity contribution in [1.29, 1.82) is 0 Å². The average Bonchev–Trinajstić information content (AvgIpc) is 2.72. The highest BCUT2D eigenvalue weighted by atomic mass is 16.5. The Morgan fingerprint density at radius 2 is 2.33 bits per heavy atom. The molecule has 0 saturated carbocycles. The third-order valence-electron chi connectivity index (χ3n) is 2.55. The van der Waals surface area contributed by atoms with Crippen molar-refractivity contribution in [1.82, 2.24) is 20.0 Å². The lowest BCUT2D eigenvalue weighted by Crippen LogP contribution is -2.07. The Labute approximate surface area is 103 Å². The van der Waals surface area contributed by atoms with Crippen LogP contribution in [0.5, 0.6) is 5.88 Å². The molecule has 0 saturated heterocycles. The van der Waals surface area contributed by atoms with Gasteiger partial charge in [0.05, 0.1) is 19.3 Å². The molecule has 0 fully saturated rings. The van der Waals surface area contributed by atoms with Crippen molar-refractivity contribution in [3.05, 3.63) is 35.3 Å². The van der Waals surface area contributed by atoms with Crippen molar-refractivity contribution < 1.29 is 14.6 Å². The molecule has 0 unspecified atom stereocenters. The first kappa shape index (κ1) is 12.0. The molecule has 2 aromatic heterocycles. The molecule has 0 aliphatic rings. The van der Waals surface area contributed by atoms with Crippen LogP contribution in [0.3, 0.4) is 0 Å². The van der Waals surface area contributed by atoms with Crippen molar-refractivity contribution in [3.8, 4) is 5.88 Å². The molecule has 0 aliphatic carbocycles. The Morgan fingerprint density at radius 3 is 2.94 bits per heavy atom. The van der Waals surface area contributed by atoms with Crippen molar-refractivity contribution in [2.75, 3.05) is 7.11 Å². The zero-order chi connectivity index (χ0) is 13.1. The third kappa shape index (κ3) is 2.15. The summed E-state index contributed by atoms with van der Waals surface area (Å²) in [5.41, 5.74) is 1.26. The molecule has 1 N–H and O–H groups in total. The predicted octanol–water partition coefficient (Wildman–Crippen LogP) is 0.737. The van der Waals surface area contributed by atoms with Gasteiger partial charge in [0.25, 0.3) is 0 Å². The zero-order valence-electron chi connectivity index (χ0n) is 9.99. The Kier molecular flexibility index (Phi) is 3.22. The van der Waals surface area contributed by atoms with E-state index in [1.54, 1.807) is 19.2 Å². The van der Waals surface area contributed by atoms with Gasteiger partial charge in [-0.2, -0.15) is 0 Å². The normalized spacial score (nSPS) is 10.3. The maximum atomic E-state index is 10.9. The minimum Gasteiger partial charge on any atom is -0.481 e. The fourth-order valence-corrected chi connectivity index (χ4v) is 1.60. The largest absolute Gasteiger partial charge is 0.481 e. The van der Waals surface area contributed by atoms with Crippen LogP contribution >= 0.6 is 0 Å². The lowest BCUT2D eigenvalue weighted by Gasteiger charge is -2.07. The number of pyridine rings is 1. The van der Waals surface area contributed by atoms with Gasteiger partial charge in [-0.1, -0.05) is 11.3 Å². The van der Waals surface area contributed by atoms with Crippen LogP contribution < -0.4 is 4.74 Å². The molecule has 0 amide bonds. The van der Waals surface area contributed by atoms with Gasteiger partial charge in [0, 0.05) is 11.8 Å². The number of carboxylic acid groups (broad SMARTS) is 1. The molecule has 0 bridgehead atoms. The van der Waals surface area contributed by atoms with Crippen LogP contribution in [-0.4, -0.2) is 38.2 Å². The molecule has 2 aromatic rings. The van der Waals surface area contributed by atoms with Crippen LogP contribution in [0.15, 0.2) is 18.3 Å². The van der Waals surface area contributed by atoms with Gasteiger partial charge in [0.2, 0.25) is 5.88 Å². The van der Waals surface area contributed by atoms with Crippen LogP contribution in [0.1, 0.15) is 21.7 Å². The van der Waals surface area contributed by atoms with E-state index < -0.39 is 5.97 Å². The van der Waals surface area contributed by atoms with Crippen LogP contribution in [0.25, 0.3) is 0 Å². The number of hydrogen-bond acceptors (Lipinski definition) is 5. The molecule has 7 heteroatoms. The topological polar surface area (TPSA) is 90.1 Å². The standard InChI is InChI=1S/C11H12N4O3/c1-7-9(11(16)17)13-14-15(7)6-8-4-3-5-12-10(8)18-2/h3-5H,6H2,1-2H3,(H,16,17). The van der Waals surface area contributed by atoms with Gasteiger partial charge in [-0.25, -0.2) is 14.5 Å². The summed E-state index contributed by atoms with van der Waals surface area (Å²) in [6, 6.07) is 3.62. The summed E-state index contributed by atoms with van der Waals surface area (Å²) in [7, 11) is 1.53. The first-order valence-electron chi connectivity index (χ1n) is 5.24. The fourth-order valence-electron chi connectivity index (χ4n) is 1.60. The zero-order valence-corrected chi connectivity index (χ0v) is 9.99. The van der Waals surface area contributed by atoms with E-state index in [2.05, 4.69) is 15.3 Å². The van der Waals surface area contributed by atoms with Gasteiger partial charge < -0.3 is 9.84 Å². The van der Waals surface area contributed by atoms with Gasteiger partial charge in [-0.15, -0.1) is 5.10 Å². The molecule has 94 valence electrons. The van der Waals surface area contributed by atoms with Crippen LogP contribution in [0.4, 0.5) is 0 Å². The lowest BCUT2D eigenvalue weighted by molar-refractivity contribution is 0.0689. The Balaban J connectivity index is 2.32. The van der Waals surface area contributed by atoms with Gasteiger partial charge in [-0.3, -0.25) is 0 Å². The number of aromatic nitrogens is 4. The summed E-state index contributed by atoms with van der Waals surface area (Å²) < 4.78 is 6.63. The van der Waals surface area contributed by atoms with E-state index in [1.807, 2.05) is 6.07 Å². The highest BCUT2D eigenvalue weighted by molar-refractivity contribution is 5.86. The molecule has 7 nitrogen and oxygen atoms in total. The van der Waals surface area contributed by atoms with E-state index in [9.17, 15) is 4.79 Å². The van der Waals surface area contributed by atoms with E-state index in [1.165, 1.54) is 11.8 Å². The summed E-state index contributed by atoms with van der Waals surface area (Å²) >= 11 is 0. The van der Waals surface area contributed by atoms with Crippen molar-refractivity contribution >= 4 is 5.97 Å². The van der Waals surface area contributed by atoms with E-state index in [-0.39, 0.29) is 5.69 Å². The molecule has 0 spiro atoms. The van der Waals surface area contributed by atoms with Gasteiger partial charge in [-0.05, 0) is 13.0 Å². The average molecular weight is 248 g/mol. The predicted molar refractivity (Wildman–Crippen MR) is 61.6 cm³/mol. The minimum atomic E-state index is -1.09. The van der Waals surface area contributed by atoms with E-state index in [0.717, 1.165) is 5.56 Å². The van der Waals surface area contributed by atoms with E-state index in [4.69, 9.17) is 9.84 Å². The van der Waals surface area contributed by atoms with E-state index in [0.29, 0.717) is 18.1 Å². The third-order valence-corrected chi connectivity index (χ3v) is 2.55. The molecule has 0 atom stereocenters. The Hall–Kier alpha value is -2.44. The number of methoxy groups -OCH3 is 1. The van der Waals surface area contributed by atoms with E-state index >= 15 is 0 Å². The summed E-state index contributed by atoms with van der Waals surface area (Å²) in [6.45, 7) is 2.02. The number of ether oxygens (including phenoxy) is 1. The second-order valence-electron chi connectivity index (χ2n) is 3.66.